The van der Waals surface area contributed by atoms with Gasteiger partial charge in [-0.05, 0) is 59.7 Å². The number of hydrogen-bond donors (Lipinski definition) is 1. The smallest absolute Gasteiger partial charge is 0.405 e. The number of ether oxygens (including phenoxy) is 1. The monoisotopic (exact) mass is 703 g/mol. The van der Waals surface area contributed by atoms with E-state index in [1.54, 1.807) is 6.92 Å². The van der Waals surface area contributed by atoms with Crippen molar-refractivity contribution < 1.29 is 40.7 Å². The van der Waals surface area contributed by atoms with Gasteiger partial charge in [0.1, 0.15) is 18.0 Å². The van der Waals surface area contributed by atoms with Crippen LogP contribution in [0.4, 0.5) is 26.3 Å². The molecule has 0 unspecified atom stereocenters. The van der Waals surface area contributed by atoms with Crippen LogP contribution in [0.3, 0.4) is 0 Å². The molecule has 0 aliphatic heterocycles. The Labute approximate surface area is 276 Å². The fraction of sp³-hybridized carbons (Fsp3) is 0.200. The number of Topliss-reactive ketones (excluding diaryl/α,β-unsaturated/α-hetero) is 1. The van der Waals surface area contributed by atoms with E-state index in [4.69, 9.17) is 11.6 Å². The Kier molecular flexibility index (Phi) is 9.66. The first kappa shape index (κ1) is 34.5. The normalized spacial score (nSPS) is 11.7. The van der Waals surface area contributed by atoms with Gasteiger partial charge >= 0.3 is 12.5 Å². The molecule has 2 aromatic carbocycles. The molecule has 0 aliphatic rings. The van der Waals surface area contributed by atoms with Crippen LogP contribution in [0.5, 0.6) is 5.75 Å². The maximum absolute atomic E-state index is 13.9. The van der Waals surface area contributed by atoms with Crippen LogP contribution in [0, 0.1) is 18.3 Å². The minimum Gasteiger partial charge on any atom is -0.405 e. The summed E-state index contributed by atoms with van der Waals surface area (Å²) in [5.74, 6) is -3.44. The number of amides is 1. The molecule has 19 heteroatoms. The lowest BCUT2D eigenvalue weighted by Crippen LogP contribution is -2.26. The number of aromatic nitrogens is 7. The molecule has 1 N–H and O–H groups in total. The third-order valence-electron chi connectivity index (χ3n) is 6.82. The van der Waals surface area contributed by atoms with Gasteiger partial charge in [0.25, 0.3) is 11.7 Å². The van der Waals surface area contributed by atoms with Gasteiger partial charge in [-0.25, -0.2) is 9.67 Å². The Morgan fingerprint density at radius 1 is 1.04 bits per heavy atom. The van der Waals surface area contributed by atoms with Gasteiger partial charge in [-0.2, -0.15) is 28.3 Å². The quantitative estimate of drug-likeness (QED) is 0.149. The second kappa shape index (κ2) is 13.7. The lowest BCUT2D eigenvalue weighted by molar-refractivity contribution is -0.274. The summed E-state index contributed by atoms with van der Waals surface area (Å²) in [6.07, 6.45) is -8.90. The Morgan fingerprint density at radius 3 is 2.47 bits per heavy atom. The molecule has 0 bridgehead atoms. The highest BCUT2D eigenvalue weighted by Crippen LogP contribution is 2.28. The minimum absolute atomic E-state index is 0.00635. The van der Waals surface area contributed by atoms with Gasteiger partial charge < -0.3 is 10.1 Å². The summed E-state index contributed by atoms with van der Waals surface area (Å²) in [6.45, 7) is 0.735. The lowest BCUT2D eigenvalue weighted by Gasteiger charge is -2.16. The highest BCUT2D eigenvalue weighted by atomic mass is 35.5. The number of nitrogens with one attached hydrogen (secondary N) is 1. The molecule has 49 heavy (non-hydrogen) atoms. The zero-order valence-electron chi connectivity index (χ0n) is 24.8. The first-order valence-corrected chi connectivity index (χ1v) is 14.2. The third-order valence-corrected chi connectivity index (χ3v) is 7.11. The molecule has 0 saturated carbocycles. The topological polar surface area (TPSA) is 154 Å². The first-order valence-electron chi connectivity index (χ1n) is 13.9. The number of ketones is 1. The number of carbonyl (C=O) groups excluding carboxylic acids is 2. The van der Waals surface area contributed by atoms with Crippen LogP contribution in [0.1, 0.15) is 54.6 Å². The van der Waals surface area contributed by atoms with Crippen molar-refractivity contribution in [1.82, 2.24) is 40.3 Å². The van der Waals surface area contributed by atoms with Gasteiger partial charge in [0.05, 0.1) is 22.3 Å². The van der Waals surface area contributed by atoms with Crippen molar-refractivity contribution in [3.8, 4) is 17.6 Å². The average Bonchev–Trinajstić information content (AvgIpc) is 3.68. The standard InChI is InChI=1S/C30H20ClF6N9O3/c1-16-9-17(13-38)10-21(27(48)40-14-18-5-2-3-7-25(18)49-30(35,36)37)20(16)12-24(47)23-11-19(15-45-43-28(41-44-45)29(32,33)34)42-46(23)26-22(31)6-4-8-39-26/h2-11H,12,14-15H2,1H3,(H,40,48). The molecule has 252 valence electrons. The minimum atomic E-state index is -4.98. The summed E-state index contributed by atoms with van der Waals surface area (Å²) in [7, 11) is 0. The summed E-state index contributed by atoms with van der Waals surface area (Å²) in [6, 6.07) is 14.0. The van der Waals surface area contributed by atoms with Crippen LogP contribution >= 0.6 is 11.6 Å². The van der Waals surface area contributed by atoms with Crippen LogP contribution in [-0.4, -0.2) is 53.0 Å². The molecule has 0 fully saturated rings. The van der Waals surface area contributed by atoms with E-state index in [1.807, 2.05) is 6.07 Å². The van der Waals surface area contributed by atoms with Gasteiger partial charge in [0.15, 0.2) is 11.6 Å². The molecule has 3 heterocycles. The third kappa shape index (κ3) is 8.19. The van der Waals surface area contributed by atoms with E-state index in [1.165, 1.54) is 54.7 Å². The van der Waals surface area contributed by atoms with Crippen molar-refractivity contribution in [3.05, 3.63) is 111 Å². The van der Waals surface area contributed by atoms with E-state index in [0.29, 0.717) is 10.4 Å². The molecule has 5 aromatic rings. The fourth-order valence-electron chi connectivity index (χ4n) is 4.68. The number of carbonyl (C=O) groups is 2. The molecular weight excluding hydrogens is 684 g/mol. The lowest BCUT2D eigenvalue weighted by atomic mass is 9.93. The van der Waals surface area contributed by atoms with Gasteiger partial charge in [-0.1, -0.05) is 29.8 Å². The SMILES string of the molecule is Cc1cc(C#N)cc(C(=O)NCc2ccccc2OC(F)(F)F)c1CC(=O)c1cc(Cn2nnc(C(F)(F)F)n2)nn1-c1ncccc1Cl. The van der Waals surface area contributed by atoms with E-state index >= 15 is 0 Å². The van der Waals surface area contributed by atoms with Crippen molar-refractivity contribution >= 4 is 23.3 Å². The number of nitrogens with zero attached hydrogens (tertiary/aromatic N) is 8. The molecular formula is C30H20ClF6N9O3. The van der Waals surface area contributed by atoms with Crippen molar-refractivity contribution in [1.29, 1.82) is 5.26 Å². The van der Waals surface area contributed by atoms with Crippen LogP contribution in [0.2, 0.25) is 5.02 Å². The summed E-state index contributed by atoms with van der Waals surface area (Å²) >= 11 is 6.32. The number of tetrazole rings is 1. The molecule has 0 aliphatic carbocycles. The van der Waals surface area contributed by atoms with Crippen molar-refractivity contribution in [2.75, 3.05) is 0 Å². The predicted molar refractivity (Wildman–Crippen MR) is 157 cm³/mol. The second-order valence-corrected chi connectivity index (χ2v) is 10.7. The molecule has 1 amide bonds. The van der Waals surface area contributed by atoms with E-state index in [2.05, 4.69) is 35.5 Å². The number of nitriles is 1. The maximum atomic E-state index is 13.9. The van der Waals surface area contributed by atoms with Crippen LogP contribution in [0.15, 0.2) is 60.8 Å². The number of rotatable bonds is 10. The van der Waals surface area contributed by atoms with Crippen molar-refractivity contribution in [2.24, 2.45) is 0 Å². The number of halogens is 7. The fourth-order valence-corrected chi connectivity index (χ4v) is 4.89. The number of aryl methyl sites for hydroxylation is 1. The Hall–Kier alpha value is -5.83. The summed E-state index contributed by atoms with van der Waals surface area (Å²) in [4.78, 5) is 32.1. The van der Waals surface area contributed by atoms with Gasteiger partial charge in [0, 0.05) is 30.3 Å². The molecule has 5 rings (SSSR count). The number of hydrogen-bond acceptors (Lipinski definition) is 9. The average molecular weight is 704 g/mol. The van der Waals surface area contributed by atoms with E-state index in [9.17, 15) is 41.2 Å². The van der Waals surface area contributed by atoms with Gasteiger partial charge in [-0.3, -0.25) is 9.59 Å². The van der Waals surface area contributed by atoms with Gasteiger partial charge in [0.2, 0.25) is 0 Å². The summed E-state index contributed by atoms with van der Waals surface area (Å²) < 4.78 is 82.8. The summed E-state index contributed by atoms with van der Waals surface area (Å²) in [5.41, 5.74) is 0.429. The van der Waals surface area contributed by atoms with Crippen LogP contribution < -0.4 is 10.1 Å². The molecule has 0 spiro atoms. The Morgan fingerprint density at radius 2 is 1.80 bits per heavy atom. The zero-order chi connectivity index (χ0) is 35.5. The number of alkyl halides is 6. The summed E-state index contributed by atoms with van der Waals surface area (Å²) in [5, 5.41) is 26.1. The highest BCUT2D eigenvalue weighted by molar-refractivity contribution is 6.32. The molecule has 0 saturated heterocycles. The van der Waals surface area contributed by atoms with Crippen molar-refractivity contribution in [2.45, 2.75) is 39.0 Å². The number of pyridine rings is 1. The van der Waals surface area contributed by atoms with E-state index in [-0.39, 0.29) is 44.5 Å². The number of benzene rings is 2. The Balaban J connectivity index is 1.47. The molecule has 3 aromatic heterocycles. The molecule has 0 radical (unpaired) electrons. The Bertz CT molecular complexity index is 2090. The van der Waals surface area contributed by atoms with Crippen LogP contribution in [0.25, 0.3) is 5.82 Å². The second-order valence-electron chi connectivity index (χ2n) is 10.3. The number of para-hydroxylation sites is 1. The molecule has 0 atom stereocenters. The largest absolute Gasteiger partial charge is 0.573 e. The molecule has 12 nitrogen and oxygen atoms in total. The van der Waals surface area contributed by atoms with Crippen LogP contribution in [-0.2, 0) is 25.7 Å². The van der Waals surface area contributed by atoms with Crippen molar-refractivity contribution in [3.63, 3.8) is 0 Å². The van der Waals surface area contributed by atoms with E-state index < -0.39 is 55.3 Å². The van der Waals surface area contributed by atoms with Gasteiger partial charge in [-0.15, -0.1) is 23.4 Å². The zero-order valence-corrected chi connectivity index (χ0v) is 25.6. The predicted octanol–water partition coefficient (Wildman–Crippen LogP) is 5.41. The maximum Gasteiger partial charge on any atom is 0.573 e. The van der Waals surface area contributed by atoms with E-state index in [0.717, 1.165) is 10.7 Å². The first-order chi connectivity index (χ1) is 23.1. The highest BCUT2D eigenvalue weighted by Gasteiger charge is 2.37.